The molecule has 0 radical (unpaired) electrons. The Kier molecular flexibility index (Phi) is 4.29. The van der Waals surface area contributed by atoms with Gasteiger partial charge in [-0.05, 0) is 17.7 Å². The summed E-state index contributed by atoms with van der Waals surface area (Å²) in [5, 5.41) is 2.75. The van der Waals surface area contributed by atoms with Crippen LogP contribution in [0.1, 0.15) is 21.5 Å². The maximum atomic E-state index is 12.3. The molecule has 0 fully saturated rings. The molecule has 0 saturated carbocycles. The minimum absolute atomic E-state index is 0.276. The van der Waals surface area contributed by atoms with Gasteiger partial charge >= 0.3 is 5.69 Å². The Hall–Kier alpha value is -3.21. The summed E-state index contributed by atoms with van der Waals surface area (Å²) in [5.74, 6) is 0.101. The molecule has 1 aromatic heterocycles. The van der Waals surface area contributed by atoms with Crippen molar-refractivity contribution in [3.63, 3.8) is 0 Å². The standard InChI is InChI=1S/C18H15N3O2/c22-17(14-9-5-2-6-10-14)20-16-15(12-19-18(23)21-16)11-13-7-3-1-4-8-13/h1-10,12H,11H2,(H2,19,20,21,22,23). The first-order chi connectivity index (χ1) is 11.2. The van der Waals surface area contributed by atoms with Crippen LogP contribution in [-0.4, -0.2) is 15.9 Å². The van der Waals surface area contributed by atoms with E-state index in [2.05, 4.69) is 15.3 Å². The van der Waals surface area contributed by atoms with Crippen molar-refractivity contribution in [3.8, 4) is 0 Å². The predicted molar refractivity (Wildman–Crippen MR) is 88.5 cm³/mol. The molecule has 1 heterocycles. The quantitative estimate of drug-likeness (QED) is 0.778. The molecule has 0 atom stereocenters. The van der Waals surface area contributed by atoms with Crippen LogP contribution in [0.5, 0.6) is 0 Å². The van der Waals surface area contributed by atoms with Crippen molar-refractivity contribution in [1.82, 2.24) is 9.97 Å². The Morgan fingerprint density at radius 1 is 1.00 bits per heavy atom. The number of nitrogens with zero attached hydrogens (tertiary/aromatic N) is 1. The number of carbonyl (C=O) groups excluding carboxylic acids is 1. The molecule has 1 amide bonds. The molecule has 0 bridgehead atoms. The fourth-order valence-electron chi connectivity index (χ4n) is 2.26. The Labute approximate surface area is 133 Å². The minimum Gasteiger partial charge on any atom is -0.308 e. The number of amides is 1. The fourth-order valence-corrected chi connectivity index (χ4v) is 2.26. The average molecular weight is 305 g/mol. The zero-order valence-electron chi connectivity index (χ0n) is 12.3. The lowest BCUT2D eigenvalue weighted by molar-refractivity contribution is 0.102. The van der Waals surface area contributed by atoms with Gasteiger partial charge in [0, 0.05) is 23.7 Å². The van der Waals surface area contributed by atoms with Gasteiger partial charge in [0.05, 0.1) is 0 Å². The summed E-state index contributed by atoms with van der Waals surface area (Å²) in [7, 11) is 0. The number of aromatic amines is 1. The summed E-state index contributed by atoms with van der Waals surface area (Å²) in [6.45, 7) is 0. The molecule has 0 saturated heterocycles. The van der Waals surface area contributed by atoms with Gasteiger partial charge in [0.2, 0.25) is 0 Å². The third-order valence-electron chi connectivity index (χ3n) is 3.40. The number of anilines is 1. The SMILES string of the molecule is O=C(Nc1[nH]c(=O)ncc1Cc1ccccc1)c1ccccc1. The van der Waals surface area contributed by atoms with Crippen LogP contribution in [0, 0.1) is 0 Å². The summed E-state index contributed by atoms with van der Waals surface area (Å²) in [5.41, 5.74) is 1.85. The van der Waals surface area contributed by atoms with Crippen molar-refractivity contribution in [3.05, 3.63) is 94.0 Å². The van der Waals surface area contributed by atoms with Crippen LogP contribution in [0.3, 0.4) is 0 Å². The summed E-state index contributed by atoms with van der Waals surface area (Å²) >= 11 is 0. The van der Waals surface area contributed by atoms with E-state index in [1.165, 1.54) is 6.20 Å². The summed E-state index contributed by atoms with van der Waals surface area (Å²) < 4.78 is 0. The monoisotopic (exact) mass is 305 g/mol. The van der Waals surface area contributed by atoms with Crippen LogP contribution in [0.25, 0.3) is 0 Å². The number of H-pyrrole nitrogens is 1. The zero-order valence-corrected chi connectivity index (χ0v) is 12.3. The van der Waals surface area contributed by atoms with Gasteiger partial charge in [-0.1, -0.05) is 48.5 Å². The topological polar surface area (TPSA) is 74.8 Å². The van der Waals surface area contributed by atoms with E-state index >= 15 is 0 Å². The highest BCUT2D eigenvalue weighted by atomic mass is 16.2. The molecule has 0 spiro atoms. The maximum absolute atomic E-state index is 12.3. The molecule has 23 heavy (non-hydrogen) atoms. The van der Waals surface area contributed by atoms with Crippen LogP contribution < -0.4 is 11.0 Å². The van der Waals surface area contributed by atoms with Gasteiger partial charge in [0.15, 0.2) is 0 Å². The molecule has 2 aromatic carbocycles. The molecule has 0 aliphatic heterocycles. The number of aromatic nitrogens is 2. The first-order valence-electron chi connectivity index (χ1n) is 7.21. The summed E-state index contributed by atoms with van der Waals surface area (Å²) in [6, 6.07) is 18.6. The molecule has 0 aliphatic carbocycles. The number of carbonyl (C=O) groups is 1. The molecular weight excluding hydrogens is 290 g/mol. The number of hydrogen-bond donors (Lipinski definition) is 2. The molecule has 0 aliphatic rings. The van der Waals surface area contributed by atoms with E-state index < -0.39 is 5.69 Å². The minimum atomic E-state index is -0.495. The Bertz CT molecular complexity index is 858. The van der Waals surface area contributed by atoms with Crippen LogP contribution in [0.2, 0.25) is 0 Å². The van der Waals surface area contributed by atoms with Crippen molar-refractivity contribution in [2.45, 2.75) is 6.42 Å². The highest BCUT2D eigenvalue weighted by Crippen LogP contribution is 2.15. The highest BCUT2D eigenvalue weighted by Gasteiger charge is 2.11. The lowest BCUT2D eigenvalue weighted by Crippen LogP contribution is -2.20. The van der Waals surface area contributed by atoms with Crippen molar-refractivity contribution < 1.29 is 4.79 Å². The lowest BCUT2D eigenvalue weighted by Gasteiger charge is -2.10. The van der Waals surface area contributed by atoms with Crippen molar-refractivity contribution in [2.24, 2.45) is 0 Å². The van der Waals surface area contributed by atoms with Crippen LogP contribution in [0.4, 0.5) is 5.82 Å². The van der Waals surface area contributed by atoms with Gasteiger partial charge in [-0.3, -0.25) is 9.78 Å². The molecule has 5 nitrogen and oxygen atoms in total. The van der Waals surface area contributed by atoms with Gasteiger partial charge in [-0.15, -0.1) is 0 Å². The van der Waals surface area contributed by atoms with Gasteiger partial charge in [0.25, 0.3) is 5.91 Å². The Morgan fingerprint density at radius 2 is 1.65 bits per heavy atom. The summed E-state index contributed by atoms with van der Waals surface area (Å²) in [4.78, 5) is 30.1. The third-order valence-corrected chi connectivity index (χ3v) is 3.40. The Morgan fingerprint density at radius 3 is 2.35 bits per heavy atom. The molecule has 114 valence electrons. The Balaban J connectivity index is 1.88. The van der Waals surface area contributed by atoms with E-state index in [-0.39, 0.29) is 5.91 Å². The highest BCUT2D eigenvalue weighted by molar-refractivity contribution is 6.04. The predicted octanol–water partition coefficient (Wildman–Crippen LogP) is 2.61. The fraction of sp³-hybridized carbons (Fsp3) is 0.0556. The maximum Gasteiger partial charge on any atom is 0.346 e. The van der Waals surface area contributed by atoms with E-state index in [0.29, 0.717) is 17.8 Å². The number of hydrogen-bond acceptors (Lipinski definition) is 3. The molecule has 2 N–H and O–H groups in total. The first kappa shape index (κ1) is 14.7. The van der Waals surface area contributed by atoms with Crippen LogP contribution >= 0.6 is 0 Å². The normalized spacial score (nSPS) is 10.3. The number of rotatable bonds is 4. The first-order valence-corrected chi connectivity index (χ1v) is 7.21. The molecule has 0 unspecified atom stereocenters. The molecule has 3 aromatic rings. The van der Waals surface area contributed by atoms with Crippen molar-refractivity contribution in [2.75, 3.05) is 5.32 Å². The second-order valence-electron chi connectivity index (χ2n) is 5.07. The van der Waals surface area contributed by atoms with E-state index in [9.17, 15) is 9.59 Å². The molecular formula is C18H15N3O2. The second-order valence-corrected chi connectivity index (χ2v) is 5.07. The number of nitrogens with one attached hydrogen (secondary N) is 2. The van der Waals surface area contributed by atoms with Crippen LogP contribution in [0.15, 0.2) is 71.7 Å². The number of benzene rings is 2. The van der Waals surface area contributed by atoms with Crippen molar-refractivity contribution in [1.29, 1.82) is 0 Å². The van der Waals surface area contributed by atoms with Gasteiger partial charge in [-0.25, -0.2) is 9.78 Å². The van der Waals surface area contributed by atoms with E-state index in [1.807, 2.05) is 36.4 Å². The van der Waals surface area contributed by atoms with Crippen molar-refractivity contribution >= 4 is 11.7 Å². The van der Waals surface area contributed by atoms with Gasteiger partial charge < -0.3 is 5.32 Å². The van der Waals surface area contributed by atoms with Gasteiger partial charge in [0.1, 0.15) is 5.82 Å². The largest absolute Gasteiger partial charge is 0.346 e. The smallest absolute Gasteiger partial charge is 0.308 e. The lowest BCUT2D eigenvalue weighted by atomic mass is 10.1. The van der Waals surface area contributed by atoms with Crippen LogP contribution in [-0.2, 0) is 6.42 Å². The molecule has 5 heteroatoms. The average Bonchev–Trinajstić information content (AvgIpc) is 2.59. The van der Waals surface area contributed by atoms with E-state index in [4.69, 9.17) is 0 Å². The molecule has 3 rings (SSSR count). The van der Waals surface area contributed by atoms with Gasteiger partial charge in [-0.2, -0.15) is 0 Å². The summed E-state index contributed by atoms with van der Waals surface area (Å²) in [6.07, 6.45) is 2.06. The van der Waals surface area contributed by atoms with E-state index in [0.717, 1.165) is 11.1 Å². The third kappa shape index (κ3) is 3.71. The second kappa shape index (κ2) is 6.70. The zero-order chi connectivity index (χ0) is 16.1. The van der Waals surface area contributed by atoms with E-state index in [1.54, 1.807) is 24.3 Å².